The second-order valence-corrected chi connectivity index (χ2v) is 9.09. The summed E-state index contributed by atoms with van der Waals surface area (Å²) in [5.41, 5.74) is 0. The van der Waals surface area contributed by atoms with Crippen LogP contribution in [0.4, 0.5) is 0 Å². The van der Waals surface area contributed by atoms with Crippen LogP contribution in [0.15, 0.2) is 0 Å². The molecule has 0 spiro atoms. The first-order valence-electron chi connectivity index (χ1n) is 7.98. The third kappa shape index (κ3) is 4.21. The van der Waals surface area contributed by atoms with Crippen LogP contribution < -0.4 is 0 Å². The van der Waals surface area contributed by atoms with Crippen molar-refractivity contribution in [1.29, 1.82) is 0 Å². The van der Waals surface area contributed by atoms with E-state index in [2.05, 4.69) is 61.8 Å². The third-order valence-electron chi connectivity index (χ3n) is 5.04. The van der Waals surface area contributed by atoms with Crippen molar-refractivity contribution in [2.45, 2.75) is 25.3 Å². The van der Waals surface area contributed by atoms with Crippen molar-refractivity contribution in [2.75, 3.05) is 52.4 Å². The van der Waals surface area contributed by atoms with Gasteiger partial charge in [-0.2, -0.15) is 0 Å². The molecular weight excluding hydrogens is 494 g/mol. The normalized spacial score (nSPS) is 31.0. The van der Waals surface area contributed by atoms with Gasteiger partial charge >= 0.3 is 0 Å². The fraction of sp³-hybridized carbons (Fsp3) is 0.929. The molecule has 0 aromatic heterocycles. The van der Waals surface area contributed by atoms with Gasteiger partial charge in [-0.05, 0) is 19.3 Å². The molecule has 3 rings (SSSR count). The van der Waals surface area contributed by atoms with Crippen LogP contribution in [0.25, 0.3) is 0 Å². The molecule has 3 saturated heterocycles. The van der Waals surface area contributed by atoms with E-state index in [1.807, 2.05) is 0 Å². The summed E-state index contributed by atoms with van der Waals surface area (Å²) in [5.74, 6) is 0.645. The molecule has 5 nitrogen and oxygen atoms in total. The van der Waals surface area contributed by atoms with Gasteiger partial charge in [0.2, 0.25) is 5.91 Å². The van der Waals surface area contributed by atoms with E-state index in [1.165, 1.54) is 25.9 Å². The van der Waals surface area contributed by atoms with Gasteiger partial charge in [0.1, 0.15) is 0 Å². The van der Waals surface area contributed by atoms with Gasteiger partial charge in [-0.3, -0.25) is 9.69 Å². The van der Waals surface area contributed by atoms with Gasteiger partial charge in [-0.15, -0.1) is 0 Å². The Morgan fingerprint density at radius 3 is 2.00 bits per heavy atom. The minimum Gasteiger partial charge on any atom is -0.340 e. The summed E-state index contributed by atoms with van der Waals surface area (Å²) >= 11 is 4.77. The maximum atomic E-state index is 12.5. The Hall–Kier alpha value is 0.810. The van der Waals surface area contributed by atoms with Crippen LogP contribution in [0.3, 0.4) is 0 Å². The molecule has 7 heteroatoms. The Balaban J connectivity index is 1.45. The summed E-state index contributed by atoms with van der Waals surface area (Å²) in [4.78, 5) is 17.3. The van der Waals surface area contributed by atoms with E-state index in [-0.39, 0.29) is 5.92 Å². The fourth-order valence-electron chi connectivity index (χ4n) is 3.68. The molecule has 1 amide bonds. The number of nitrogens with zero attached hydrogens (tertiary/aromatic N) is 4. The van der Waals surface area contributed by atoms with Crippen molar-refractivity contribution in [1.82, 2.24) is 16.0 Å². The third-order valence-corrected chi connectivity index (χ3v) is 6.88. The lowest BCUT2D eigenvalue weighted by atomic mass is 10.0. The average molecular weight is 518 g/mol. The molecule has 3 aliphatic heterocycles. The minimum atomic E-state index is 0.246. The zero-order valence-corrected chi connectivity index (χ0v) is 16.7. The molecule has 21 heavy (non-hydrogen) atoms. The monoisotopic (exact) mass is 518 g/mol. The van der Waals surface area contributed by atoms with Crippen LogP contribution in [0.2, 0.25) is 0 Å². The first kappa shape index (κ1) is 16.7. The lowest BCUT2D eigenvalue weighted by Gasteiger charge is -2.42. The summed E-state index contributed by atoms with van der Waals surface area (Å²) in [5, 5.41) is 0. The number of rotatable bonds is 2. The topological polar surface area (TPSA) is 30.0 Å². The van der Waals surface area contributed by atoms with E-state index in [0.29, 0.717) is 5.91 Å². The van der Waals surface area contributed by atoms with Crippen molar-refractivity contribution in [2.24, 2.45) is 5.92 Å². The predicted octanol–water partition coefficient (Wildman–Crippen LogP) is 1.62. The zero-order chi connectivity index (χ0) is 14.8. The molecule has 0 bridgehead atoms. The first-order chi connectivity index (χ1) is 10.1. The Labute approximate surface area is 155 Å². The molecule has 0 aromatic rings. The molecule has 0 saturated carbocycles. The molecular formula is C14H24I2N4O. The van der Waals surface area contributed by atoms with Gasteiger partial charge < -0.3 is 4.90 Å². The standard InChI is InChI=1S/C14H24I2N4O/c15-19-5-2-13(3-6-19)17-7-9-18(10-8-17)14(21)12-1-4-20(16)11-12/h12-13H,1-11H2. The largest absolute Gasteiger partial charge is 0.340 e. The minimum absolute atomic E-state index is 0.246. The van der Waals surface area contributed by atoms with Gasteiger partial charge in [-0.25, -0.2) is 6.23 Å². The van der Waals surface area contributed by atoms with Crippen molar-refractivity contribution in [3.63, 3.8) is 0 Å². The second-order valence-electron chi connectivity index (χ2n) is 6.36. The van der Waals surface area contributed by atoms with E-state index in [1.54, 1.807) is 0 Å². The van der Waals surface area contributed by atoms with Gasteiger partial charge in [-0.1, -0.05) is 0 Å². The molecule has 120 valence electrons. The van der Waals surface area contributed by atoms with Crippen molar-refractivity contribution >= 4 is 51.6 Å². The van der Waals surface area contributed by atoms with E-state index in [9.17, 15) is 4.79 Å². The first-order valence-corrected chi connectivity index (χ1v) is 9.91. The van der Waals surface area contributed by atoms with Crippen molar-refractivity contribution in [3.05, 3.63) is 0 Å². The molecule has 3 heterocycles. The van der Waals surface area contributed by atoms with E-state index >= 15 is 0 Å². The van der Waals surface area contributed by atoms with Crippen LogP contribution in [0.5, 0.6) is 0 Å². The number of piperidine rings is 1. The summed E-state index contributed by atoms with van der Waals surface area (Å²) in [6.07, 6.45) is 3.60. The maximum absolute atomic E-state index is 12.5. The Kier molecular flexibility index (Phi) is 6.02. The predicted molar refractivity (Wildman–Crippen MR) is 100 cm³/mol. The van der Waals surface area contributed by atoms with E-state index in [0.717, 1.165) is 51.7 Å². The van der Waals surface area contributed by atoms with Gasteiger partial charge in [0.15, 0.2) is 0 Å². The van der Waals surface area contributed by atoms with Gasteiger partial charge in [0, 0.05) is 104 Å². The highest BCUT2D eigenvalue weighted by Crippen LogP contribution is 2.24. The van der Waals surface area contributed by atoms with Crippen LogP contribution >= 0.6 is 45.7 Å². The smallest absolute Gasteiger partial charge is 0.227 e. The fourth-order valence-corrected chi connectivity index (χ4v) is 5.00. The van der Waals surface area contributed by atoms with Gasteiger partial charge in [0.25, 0.3) is 0 Å². The molecule has 0 aliphatic carbocycles. The lowest BCUT2D eigenvalue weighted by Crippen LogP contribution is -2.54. The Morgan fingerprint density at radius 2 is 1.43 bits per heavy atom. The molecule has 0 radical (unpaired) electrons. The van der Waals surface area contributed by atoms with E-state index in [4.69, 9.17) is 0 Å². The average Bonchev–Trinajstić information content (AvgIpc) is 2.94. The number of hydrogen-bond donors (Lipinski definition) is 0. The number of halogens is 2. The number of hydrogen-bond acceptors (Lipinski definition) is 4. The summed E-state index contributed by atoms with van der Waals surface area (Å²) < 4.78 is 4.64. The second kappa shape index (κ2) is 7.59. The highest BCUT2D eigenvalue weighted by Gasteiger charge is 2.33. The highest BCUT2D eigenvalue weighted by molar-refractivity contribution is 14.1. The zero-order valence-electron chi connectivity index (χ0n) is 12.4. The number of carbonyl (C=O) groups excluding carboxylic acids is 1. The molecule has 1 atom stereocenters. The van der Waals surface area contributed by atoms with Crippen LogP contribution in [-0.2, 0) is 4.79 Å². The van der Waals surface area contributed by atoms with Crippen LogP contribution in [0.1, 0.15) is 19.3 Å². The summed E-state index contributed by atoms with van der Waals surface area (Å²) in [7, 11) is 0. The summed E-state index contributed by atoms with van der Waals surface area (Å²) in [6, 6.07) is 0.740. The lowest BCUT2D eigenvalue weighted by molar-refractivity contribution is -0.137. The van der Waals surface area contributed by atoms with Gasteiger partial charge in [0.05, 0.1) is 5.92 Å². The molecule has 3 aliphatic rings. The Bertz CT molecular complexity index is 368. The van der Waals surface area contributed by atoms with Crippen LogP contribution in [-0.4, -0.2) is 80.3 Å². The SMILES string of the molecule is O=C(C1CCN(I)C1)N1CCN(C2CCN(I)CC2)CC1. The molecule has 0 N–H and O–H groups in total. The highest BCUT2D eigenvalue weighted by atomic mass is 127. The summed E-state index contributed by atoms with van der Waals surface area (Å²) in [6.45, 7) is 8.41. The number of piperazine rings is 1. The van der Waals surface area contributed by atoms with E-state index < -0.39 is 0 Å². The maximum Gasteiger partial charge on any atom is 0.227 e. The quantitative estimate of drug-likeness (QED) is 0.411. The molecule has 1 unspecified atom stereocenters. The Morgan fingerprint density at radius 1 is 0.810 bits per heavy atom. The molecule has 3 fully saturated rings. The number of carbonyl (C=O) groups is 1. The molecule has 0 aromatic carbocycles. The van der Waals surface area contributed by atoms with Crippen molar-refractivity contribution in [3.8, 4) is 0 Å². The van der Waals surface area contributed by atoms with Crippen molar-refractivity contribution < 1.29 is 4.79 Å². The number of amides is 1. The van der Waals surface area contributed by atoms with Crippen LogP contribution in [0, 0.1) is 5.92 Å².